The molecule has 1 aliphatic carbocycles. The summed E-state index contributed by atoms with van der Waals surface area (Å²) in [6.45, 7) is 0. The first-order valence-corrected chi connectivity index (χ1v) is 8.49. The van der Waals surface area contributed by atoms with Crippen molar-refractivity contribution in [3.63, 3.8) is 0 Å². The molecule has 3 nitrogen and oxygen atoms in total. The van der Waals surface area contributed by atoms with Gasteiger partial charge in [0.2, 0.25) is 5.91 Å². The summed E-state index contributed by atoms with van der Waals surface area (Å²) in [5.41, 5.74) is 1.57. The number of carbonyl (C=O) groups is 1. The summed E-state index contributed by atoms with van der Waals surface area (Å²) in [6, 6.07) is 5.30. The number of halogens is 2. The fourth-order valence-corrected chi connectivity index (χ4v) is 3.77. The average Bonchev–Trinajstić information content (AvgIpc) is 3.09. The van der Waals surface area contributed by atoms with E-state index < -0.39 is 0 Å². The molecule has 1 aromatic heterocycles. The minimum absolute atomic E-state index is 0.0793. The van der Waals surface area contributed by atoms with Crippen LogP contribution in [0, 0.1) is 5.92 Å². The van der Waals surface area contributed by atoms with Crippen molar-refractivity contribution in [2.45, 2.75) is 25.7 Å². The van der Waals surface area contributed by atoms with Gasteiger partial charge in [-0.05, 0) is 31.0 Å². The minimum atomic E-state index is 0.0793. The van der Waals surface area contributed by atoms with Gasteiger partial charge in [0, 0.05) is 21.9 Å². The van der Waals surface area contributed by atoms with E-state index in [2.05, 4.69) is 10.3 Å². The smallest absolute Gasteiger partial charge is 0.229 e. The molecule has 1 heterocycles. The minimum Gasteiger partial charge on any atom is -0.302 e. The van der Waals surface area contributed by atoms with E-state index in [-0.39, 0.29) is 11.8 Å². The largest absolute Gasteiger partial charge is 0.302 e. The molecular weight excluding hydrogens is 327 g/mol. The molecule has 0 bridgehead atoms. The lowest BCUT2D eigenvalue weighted by Crippen LogP contribution is -2.20. The summed E-state index contributed by atoms with van der Waals surface area (Å²) in [5, 5.41) is 6.56. The Morgan fingerprint density at radius 1 is 1.29 bits per heavy atom. The van der Waals surface area contributed by atoms with Crippen LogP contribution in [0.2, 0.25) is 10.0 Å². The molecule has 0 radical (unpaired) electrons. The number of aromatic nitrogens is 1. The van der Waals surface area contributed by atoms with Crippen LogP contribution < -0.4 is 5.32 Å². The molecule has 1 aliphatic rings. The highest BCUT2D eigenvalue weighted by Crippen LogP contribution is 2.33. The zero-order chi connectivity index (χ0) is 14.8. The van der Waals surface area contributed by atoms with Crippen molar-refractivity contribution in [1.29, 1.82) is 0 Å². The lowest BCUT2D eigenvalue weighted by molar-refractivity contribution is -0.119. The summed E-state index contributed by atoms with van der Waals surface area (Å²) in [7, 11) is 0. The Labute approximate surface area is 137 Å². The summed E-state index contributed by atoms with van der Waals surface area (Å²) in [5.74, 6) is 0.215. The molecule has 1 saturated carbocycles. The summed E-state index contributed by atoms with van der Waals surface area (Å²) in [4.78, 5) is 16.5. The van der Waals surface area contributed by atoms with Gasteiger partial charge >= 0.3 is 0 Å². The van der Waals surface area contributed by atoms with Crippen molar-refractivity contribution < 1.29 is 4.79 Å². The van der Waals surface area contributed by atoms with Crippen LogP contribution in [-0.2, 0) is 4.79 Å². The van der Waals surface area contributed by atoms with Crippen LogP contribution in [-0.4, -0.2) is 10.9 Å². The predicted molar refractivity (Wildman–Crippen MR) is 88.2 cm³/mol. The Morgan fingerprint density at radius 3 is 2.76 bits per heavy atom. The highest BCUT2D eigenvalue weighted by molar-refractivity contribution is 7.14. The first-order chi connectivity index (χ1) is 10.1. The third-order valence-corrected chi connectivity index (χ3v) is 4.97. The second kappa shape index (κ2) is 6.34. The monoisotopic (exact) mass is 340 g/mol. The van der Waals surface area contributed by atoms with Crippen LogP contribution in [0.25, 0.3) is 11.3 Å². The van der Waals surface area contributed by atoms with Gasteiger partial charge in [0.25, 0.3) is 0 Å². The van der Waals surface area contributed by atoms with E-state index in [1.54, 1.807) is 12.1 Å². The quantitative estimate of drug-likeness (QED) is 0.829. The lowest BCUT2D eigenvalue weighted by atomic mass is 10.1. The second-order valence-electron chi connectivity index (χ2n) is 5.13. The van der Waals surface area contributed by atoms with Crippen LogP contribution in [0.15, 0.2) is 23.6 Å². The highest BCUT2D eigenvalue weighted by atomic mass is 35.5. The van der Waals surface area contributed by atoms with E-state index in [0.29, 0.717) is 15.2 Å². The number of carbonyl (C=O) groups excluding carboxylic acids is 1. The van der Waals surface area contributed by atoms with Gasteiger partial charge in [-0.15, -0.1) is 11.3 Å². The third kappa shape index (κ3) is 3.39. The second-order valence-corrected chi connectivity index (χ2v) is 6.83. The van der Waals surface area contributed by atoms with E-state index in [1.807, 2.05) is 11.4 Å². The number of nitrogens with one attached hydrogen (secondary N) is 1. The van der Waals surface area contributed by atoms with Crippen LogP contribution in [0.4, 0.5) is 5.13 Å². The van der Waals surface area contributed by atoms with Crippen molar-refractivity contribution in [3.8, 4) is 11.3 Å². The number of amides is 1. The Bertz CT molecular complexity index is 665. The molecule has 1 amide bonds. The maximum absolute atomic E-state index is 12.1. The van der Waals surface area contributed by atoms with Gasteiger partial charge in [0.05, 0.1) is 10.7 Å². The Kier molecular flexibility index (Phi) is 4.48. The molecule has 21 heavy (non-hydrogen) atoms. The molecule has 1 fully saturated rings. The third-order valence-electron chi connectivity index (χ3n) is 3.67. The topological polar surface area (TPSA) is 42.0 Å². The number of anilines is 1. The van der Waals surface area contributed by atoms with Gasteiger partial charge in [-0.3, -0.25) is 4.79 Å². The molecule has 1 N–H and O–H groups in total. The normalized spacial score (nSPS) is 15.3. The molecule has 2 aromatic rings. The average molecular weight is 341 g/mol. The van der Waals surface area contributed by atoms with Gasteiger partial charge in [0.15, 0.2) is 5.13 Å². The number of thiazole rings is 1. The molecular formula is C15H14Cl2N2OS. The molecule has 110 valence electrons. The van der Waals surface area contributed by atoms with E-state index in [1.165, 1.54) is 11.3 Å². The number of hydrogen-bond acceptors (Lipinski definition) is 3. The number of benzene rings is 1. The maximum atomic E-state index is 12.1. The van der Waals surface area contributed by atoms with Gasteiger partial charge in [0.1, 0.15) is 0 Å². The SMILES string of the molecule is O=C(Nc1nc(-c2ccc(Cl)cc2Cl)cs1)C1CCCC1. The molecule has 6 heteroatoms. The molecule has 0 unspecified atom stereocenters. The van der Waals surface area contributed by atoms with Gasteiger partial charge in [-0.1, -0.05) is 36.0 Å². The van der Waals surface area contributed by atoms with Crippen LogP contribution in [0.3, 0.4) is 0 Å². The number of rotatable bonds is 3. The van der Waals surface area contributed by atoms with E-state index in [4.69, 9.17) is 23.2 Å². The fraction of sp³-hybridized carbons (Fsp3) is 0.333. The van der Waals surface area contributed by atoms with Crippen molar-refractivity contribution >= 4 is 45.6 Å². The molecule has 0 spiro atoms. The zero-order valence-corrected chi connectivity index (χ0v) is 13.6. The van der Waals surface area contributed by atoms with Crippen molar-refractivity contribution in [2.24, 2.45) is 5.92 Å². The zero-order valence-electron chi connectivity index (χ0n) is 11.2. The van der Waals surface area contributed by atoms with E-state index >= 15 is 0 Å². The summed E-state index contributed by atoms with van der Waals surface area (Å²) < 4.78 is 0. The fourth-order valence-electron chi connectivity index (χ4n) is 2.55. The number of nitrogens with zero attached hydrogens (tertiary/aromatic N) is 1. The van der Waals surface area contributed by atoms with E-state index in [9.17, 15) is 4.79 Å². The summed E-state index contributed by atoms with van der Waals surface area (Å²) >= 11 is 13.5. The molecule has 1 aromatic carbocycles. The van der Waals surface area contributed by atoms with Gasteiger partial charge in [-0.25, -0.2) is 4.98 Å². The Morgan fingerprint density at radius 2 is 2.05 bits per heavy atom. The first-order valence-electron chi connectivity index (χ1n) is 6.85. The van der Waals surface area contributed by atoms with Crippen molar-refractivity contribution in [3.05, 3.63) is 33.6 Å². The van der Waals surface area contributed by atoms with Gasteiger partial charge in [-0.2, -0.15) is 0 Å². The standard InChI is InChI=1S/C15H14Cl2N2OS/c16-10-5-6-11(12(17)7-10)13-8-21-15(18-13)19-14(20)9-3-1-2-4-9/h5-9H,1-4H2,(H,18,19,20). The molecule has 0 aliphatic heterocycles. The Balaban J connectivity index is 1.75. The Hall–Kier alpha value is -1.10. The molecule has 0 atom stereocenters. The van der Waals surface area contributed by atoms with Crippen LogP contribution >= 0.6 is 34.5 Å². The lowest BCUT2D eigenvalue weighted by Gasteiger charge is -2.07. The first kappa shape index (κ1) is 14.8. The summed E-state index contributed by atoms with van der Waals surface area (Å²) in [6.07, 6.45) is 4.24. The molecule has 0 saturated heterocycles. The van der Waals surface area contributed by atoms with Crippen molar-refractivity contribution in [1.82, 2.24) is 4.98 Å². The van der Waals surface area contributed by atoms with Crippen molar-refractivity contribution in [2.75, 3.05) is 5.32 Å². The van der Waals surface area contributed by atoms with Crippen LogP contribution in [0.5, 0.6) is 0 Å². The number of hydrogen-bond donors (Lipinski definition) is 1. The predicted octanol–water partition coefficient (Wildman–Crippen LogP) is 5.25. The van der Waals surface area contributed by atoms with Gasteiger partial charge < -0.3 is 5.32 Å². The highest BCUT2D eigenvalue weighted by Gasteiger charge is 2.23. The maximum Gasteiger partial charge on any atom is 0.229 e. The van der Waals surface area contributed by atoms with E-state index in [0.717, 1.165) is 36.9 Å². The molecule has 3 rings (SSSR count). The van der Waals surface area contributed by atoms with Crippen LogP contribution in [0.1, 0.15) is 25.7 Å².